The summed E-state index contributed by atoms with van der Waals surface area (Å²) in [6.45, 7) is 6.96. The van der Waals surface area contributed by atoms with E-state index in [0.717, 1.165) is 42.5 Å². The Morgan fingerprint density at radius 2 is 1.81 bits per heavy atom. The van der Waals surface area contributed by atoms with Gasteiger partial charge < -0.3 is 10.6 Å². The molecule has 0 amide bonds. The molecule has 1 saturated carbocycles. The molecule has 0 aliphatic heterocycles. The fraction of sp³-hybridized carbons (Fsp3) is 0.370. The van der Waals surface area contributed by atoms with Gasteiger partial charge in [0.15, 0.2) is 0 Å². The highest BCUT2D eigenvalue weighted by Gasteiger charge is 2.20. The third-order valence-electron chi connectivity index (χ3n) is 6.30. The van der Waals surface area contributed by atoms with Crippen molar-refractivity contribution in [2.24, 2.45) is 0 Å². The first-order valence-electron chi connectivity index (χ1n) is 12.4. The van der Waals surface area contributed by atoms with Crippen molar-refractivity contribution in [2.75, 3.05) is 17.1 Å². The molecule has 1 fully saturated rings. The molecular formula is C27H35ClN6O2S. The summed E-state index contributed by atoms with van der Waals surface area (Å²) >= 11 is 6.09. The molecule has 0 aromatic carbocycles. The summed E-state index contributed by atoms with van der Waals surface area (Å²) in [5.74, 6) is 0.870. The van der Waals surface area contributed by atoms with Gasteiger partial charge in [-0.05, 0) is 69.8 Å². The number of hydrogen-bond acceptors (Lipinski definition) is 7. The van der Waals surface area contributed by atoms with Crippen LogP contribution in [0.1, 0.15) is 56.4 Å². The van der Waals surface area contributed by atoms with Crippen molar-refractivity contribution in [2.45, 2.75) is 58.0 Å². The van der Waals surface area contributed by atoms with Crippen molar-refractivity contribution >= 4 is 45.5 Å². The maximum Gasteiger partial charge on any atom is 0.260 e. The van der Waals surface area contributed by atoms with Gasteiger partial charge in [0.05, 0.1) is 9.94 Å². The van der Waals surface area contributed by atoms with Gasteiger partial charge in [0, 0.05) is 35.7 Å². The number of nitrogens with zero attached hydrogens (tertiary/aromatic N) is 3. The van der Waals surface area contributed by atoms with Gasteiger partial charge in [-0.2, -0.15) is 0 Å². The van der Waals surface area contributed by atoms with E-state index in [1.54, 1.807) is 24.5 Å². The van der Waals surface area contributed by atoms with Crippen molar-refractivity contribution in [3.63, 3.8) is 0 Å². The third kappa shape index (κ3) is 8.24. The van der Waals surface area contributed by atoms with Gasteiger partial charge in [-0.15, -0.1) is 0 Å². The minimum atomic E-state index is -3.85. The molecule has 1 aliphatic rings. The molecule has 3 N–H and O–H groups in total. The fourth-order valence-electron chi connectivity index (χ4n) is 4.01. The normalized spacial score (nSPS) is 19.1. The molecule has 198 valence electrons. The quantitative estimate of drug-likeness (QED) is 0.321. The summed E-state index contributed by atoms with van der Waals surface area (Å²) in [6, 6.07) is 4.46. The van der Waals surface area contributed by atoms with Crippen LogP contribution in [0.2, 0.25) is 0 Å². The highest BCUT2D eigenvalue weighted by Crippen LogP contribution is 2.22. The zero-order valence-electron chi connectivity index (χ0n) is 21.5. The number of pyridine rings is 1. The predicted molar refractivity (Wildman–Crippen MR) is 154 cm³/mol. The van der Waals surface area contributed by atoms with E-state index >= 15 is 0 Å². The Balaban J connectivity index is 1.66. The van der Waals surface area contributed by atoms with Crippen molar-refractivity contribution in [3.05, 3.63) is 76.1 Å². The van der Waals surface area contributed by atoms with Gasteiger partial charge in [0.1, 0.15) is 5.82 Å². The molecule has 0 unspecified atom stereocenters. The molecule has 1 aliphatic carbocycles. The number of allylic oxidation sites excluding steroid dienone is 5. The minimum absolute atomic E-state index is 0.000302. The molecule has 0 atom stereocenters. The van der Waals surface area contributed by atoms with Gasteiger partial charge in [0.25, 0.3) is 10.0 Å². The summed E-state index contributed by atoms with van der Waals surface area (Å²) in [5.41, 5.74) is 2.50. The second kappa shape index (κ2) is 13.5. The van der Waals surface area contributed by atoms with E-state index < -0.39 is 10.0 Å². The first-order valence-corrected chi connectivity index (χ1v) is 14.2. The average molecular weight is 543 g/mol. The monoisotopic (exact) mass is 542 g/mol. The molecule has 37 heavy (non-hydrogen) atoms. The van der Waals surface area contributed by atoms with Gasteiger partial charge in [-0.1, -0.05) is 49.4 Å². The number of rotatable bonds is 11. The minimum Gasteiger partial charge on any atom is -0.351 e. The Hall–Kier alpha value is -3.01. The van der Waals surface area contributed by atoms with Crippen molar-refractivity contribution in [3.8, 4) is 0 Å². The van der Waals surface area contributed by atoms with E-state index in [0.29, 0.717) is 24.5 Å². The van der Waals surface area contributed by atoms with Crippen LogP contribution < -0.4 is 15.4 Å². The molecule has 0 spiro atoms. The maximum atomic E-state index is 12.7. The predicted octanol–water partition coefficient (Wildman–Crippen LogP) is 5.50. The number of aryl methyl sites for hydroxylation is 1. The SMILES string of the molecule is C=C/C=C\C(Cl)=C(/C)S(=O)(=O)Nc1ccc(/C=C/c2cnc(N[C@H]3CC[C@H](NC)CC3)nc2)c(CC)n1. The first-order chi connectivity index (χ1) is 17.7. The zero-order chi connectivity index (χ0) is 26.8. The maximum absolute atomic E-state index is 12.7. The van der Waals surface area contributed by atoms with E-state index in [4.69, 9.17) is 11.6 Å². The summed E-state index contributed by atoms with van der Waals surface area (Å²) in [7, 11) is -1.83. The summed E-state index contributed by atoms with van der Waals surface area (Å²) in [4.78, 5) is 13.4. The van der Waals surface area contributed by atoms with Gasteiger partial charge >= 0.3 is 0 Å². The number of sulfonamides is 1. The number of aromatic nitrogens is 3. The molecule has 0 bridgehead atoms. The van der Waals surface area contributed by atoms with E-state index in [1.165, 1.54) is 19.1 Å². The lowest BCUT2D eigenvalue weighted by molar-refractivity contribution is 0.370. The van der Waals surface area contributed by atoms with Crippen LogP contribution in [0.3, 0.4) is 0 Å². The number of anilines is 2. The molecule has 10 heteroatoms. The fourth-order valence-corrected chi connectivity index (χ4v) is 5.25. The van der Waals surface area contributed by atoms with Crippen LogP contribution in [0.15, 0.2) is 59.3 Å². The first kappa shape index (κ1) is 28.6. The Kier molecular flexibility index (Phi) is 10.4. The molecule has 3 rings (SSSR count). The van der Waals surface area contributed by atoms with E-state index in [9.17, 15) is 8.42 Å². The largest absolute Gasteiger partial charge is 0.351 e. The summed E-state index contributed by atoms with van der Waals surface area (Å²) in [6.07, 6.45) is 17.1. The third-order valence-corrected chi connectivity index (χ3v) is 8.32. The number of nitrogens with one attached hydrogen (secondary N) is 3. The Morgan fingerprint density at radius 1 is 1.14 bits per heavy atom. The summed E-state index contributed by atoms with van der Waals surface area (Å²) < 4.78 is 27.9. The zero-order valence-corrected chi connectivity index (χ0v) is 23.1. The van der Waals surface area contributed by atoms with E-state index in [-0.39, 0.29) is 15.8 Å². The van der Waals surface area contributed by atoms with Crippen LogP contribution in [-0.2, 0) is 16.4 Å². The standard InChI is InChI=1S/C27H35ClN6O2S/c1-5-7-8-24(28)19(3)37(35,36)34-26-16-11-21(25(6-2)33-26)10-9-20-17-30-27(31-18-20)32-23-14-12-22(29-4)13-15-23/h5,7-11,16-18,22-23,29H,1,6,12-15H2,2-4H3,(H,33,34)(H,30,31,32)/b8-7-,10-9+,24-19-/t22-,23-. The van der Waals surface area contributed by atoms with Gasteiger partial charge in [-0.25, -0.2) is 23.4 Å². The smallest absolute Gasteiger partial charge is 0.260 e. The van der Waals surface area contributed by atoms with Crippen LogP contribution in [0.4, 0.5) is 11.8 Å². The molecule has 2 aromatic rings. The molecule has 8 nitrogen and oxygen atoms in total. The van der Waals surface area contributed by atoms with Crippen LogP contribution in [0.25, 0.3) is 12.2 Å². The summed E-state index contributed by atoms with van der Waals surface area (Å²) in [5, 5.41) is 6.88. The average Bonchev–Trinajstić information content (AvgIpc) is 2.91. The van der Waals surface area contributed by atoms with Crippen LogP contribution >= 0.6 is 11.6 Å². The molecule has 0 saturated heterocycles. The lowest BCUT2D eigenvalue weighted by Gasteiger charge is -2.28. The van der Waals surface area contributed by atoms with Gasteiger partial charge in [-0.3, -0.25) is 4.72 Å². The van der Waals surface area contributed by atoms with Crippen molar-refractivity contribution in [1.29, 1.82) is 0 Å². The lowest BCUT2D eigenvalue weighted by Crippen LogP contribution is -2.35. The highest BCUT2D eigenvalue weighted by atomic mass is 35.5. The van der Waals surface area contributed by atoms with Crippen molar-refractivity contribution < 1.29 is 8.42 Å². The molecule has 2 aromatic heterocycles. The molecular weight excluding hydrogens is 508 g/mol. The Labute approximate surface area is 225 Å². The second-order valence-corrected chi connectivity index (χ2v) is 11.1. The topological polar surface area (TPSA) is 109 Å². The van der Waals surface area contributed by atoms with E-state index in [2.05, 4.69) is 36.9 Å². The van der Waals surface area contributed by atoms with Crippen LogP contribution in [0, 0.1) is 0 Å². The van der Waals surface area contributed by atoms with Crippen molar-refractivity contribution in [1.82, 2.24) is 20.3 Å². The Bertz CT molecular complexity index is 1260. The number of halogens is 1. The highest BCUT2D eigenvalue weighted by molar-refractivity contribution is 7.96. The molecule has 2 heterocycles. The van der Waals surface area contributed by atoms with E-state index in [1.807, 2.05) is 32.2 Å². The number of hydrogen-bond donors (Lipinski definition) is 3. The second-order valence-electron chi connectivity index (χ2n) is 8.85. The van der Waals surface area contributed by atoms with Gasteiger partial charge in [0.2, 0.25) is 5.95 Å². The van der Waals surface area contributed by atoms with Crippen LogP contribution in [-0.4, -0.2) is 42.5 Å². The molecule has 0 radical (unpaired) electrons. The van der Waals surface area contributed by atoms with Crippen LogP contribution in [0.5, 0.6) is 0 Å². The lowest BCUT2D eigenvalue weighted by atomic mass is 9.91. The Morgan fingerprint density at radius 3 is 2.43 bits per heavy atom.